The molecule has 4 nitrogen and oxygen atoms in total. The van der Waals surface area contributed by atoms with Crippen LogP contribution in [0.15, 0.2) is 59.1 Å². The van der Waals surface area contributed by atoms with Crippen molar-refractivity contribution in [3.8, 4) is 0 Å². The van der Waals surface area contributed by atoms with Gasteiger partial charge in [0.2, 0.25) is 0 Å². The molecule has 0 bridgehead atoms. The van der Waals surface area contributed by atoms with E-state index in [1.54, 1.807) is 6.07 Å². The summed E-state index contributed by atoms with van der Waals surface area (Å²) in [5.74, 6) is 0.400. The average molecular weight is 415 g/mol. The molecule has 4 aromatic rings. The molecule has 2 aromatic carbocycles. The van der Waals surface area contributed by atoms with Crippen LogP contribution < -0.4 is 5.32 Å². The van der Waals surface area contributed by atoms with Crippen molar-refractivity contribution in [3.05, 3.63) is 76.4 Å². The van der Waals surface area contributed by atoms with Gasteiger partial charge in [0.1, 0.15) is 5.82 Å². The van der Waals surface area contributed by atoms with Gasteiger partial charge in [-0.25, -0.2) is 9.97 Å². The van der Waals surface area contributed by atoms with Crippen molar-refractivity contribution in [2.45, 2.75) is 6.42 Å². The van der Waals surface area contributed by atoms with Gasteiger partial charge in [-0.15, -0.1) is 0 Å². The summed E-state index contributed by atoms with van der Waals surface area (Å²) in [7, 11) is 0. The second-order valence-electron chi connectivity index (χ2n) is 5.43. The van der Waals surface area contributed by atoms with Crippen molar-refractivity contribution in [1.82, 2.24) is 15.0 Å². The first-order valence-electron chi connectivity index (χ1n) is 7.56. The number of hydrogen-bond acceptors (Lipinski definition) is 5. The van der Waals surface area contributed by atoms with E-state index in [2.05, 4.69) is 36.2 Å². The lowest BCUT2D eigenvalue weighted by atomic mass is 10.1. The van der Waals surface area contributed by atoms with E-state index in [1.807, 2.05) is 48.5 Å². The maximum Gasteiger partial charge on any atom is 0.310 e. The topological polar surface area (TPSA) is 50.7 Å². The molecular weight excluding hydrogens is 403 g/mol. The maximum atomic E-state index is 13.8. The van der Waals surface area contributed by atoms with E-state index >= 15 is 0 Å². The van der Waals surface area contributed by atoms with Crippen LogP contribution in [0.3, 0.4) is 0 Å². The molecule has 4 rings (SSSR count). The van der Waals surface area contributed by atoms with Crippen molar-refractivity contribution >= 4 is 48.4 Å². The first-order chi connectivity index (χ1) is 12.2. The third-order valence-electron chi connectivity index (χ3n) is 3.57. The minimum Gasteiger partial charge on any atom is -0.316 e. The molecule has 1 N–H and O–H groups in total. The number of halogens is 2. The van der Waals surface area contributed by atoms with Crippen LogP contribution in [0.2, 0.25) is 0 Å². The highest BCUT2D eigenvalue weighted by molar-refractivity contribution is 9.10. The van der Waals surface area contributed by atoms with E-state index in [9.17, 15) is 4.39 Å². The van der Waals surface area contributed by atoms with Crippen LogP contribution in [-0.2, 0) is 6.42 Å². The maximum absolute atomic E-state index is 13.8. The summed E-state index contributed by atoms with van der Waals surface area (Å²) in [4.78, 5) is 12.2. The van der Waals surface area contributed by atoms with E-state index in [4.69, 9.17) is 0 Å². The van der Waals surface area contributed by atoms with E-state index in [0.717, 1.165) is 20.3 Å². The highest BCUT2D eigenvalue weighted by atomic mass is 79.9. The number of nitrogens with one attached hydrogen (secondary N) is 1. The van der Waals surface area contributed by atoms with E-state index in [0.29, 0.717) is 23.1 Å². The van der Waals surface area contributed by atoms with Gasteiger partial charge in [0.25, 0.3) is 0 Å². The highest BCUT2D eigenvalue weighted by Gasteiger charge is 2.09. The molecule has 0 aliphatic heterocycles. The van der Waals surface area contributed by atoms with Crippen LogP contribution in [0, 0.1) is 6.08 Å². The lowest BCUT2D eigenvalue weighted by molar-refractivity contribution is 0.535. The molecule has 0 saturated carbocycles. The number of anilines is 2. The van der Waals surface area contributed by atoms with Gasteiger partial charge in [-0.3, -0.25) is 0 Å². The second kappa shape index (κ2) is 6.85. The zero-order chi connectivity index (χ0) is 17.2. The number of aromatic nitrogens is 3. The van der Waals surface area contributed by atoms with Gasteiger partial charge in [-0.1, -0.05) is 57.6 Å². The van der Waals surface area contributed by atoms with Gasteiger partial charge in [0.05, 0.1) is 15.9 Å². The standard InChI is InChI=1S/C18H12BrFN4S/c19-12-6-7-14-15(9-12)25-18(22-14)24-16-10-13(21-17(20)23-16)8-11-4-2-1-3-5-11/h1-7,9-10H,8H2,(H,21,22,23,24). The van der Waals surface area contributed by atoms with Crippen LogP contribution in [-0.4, -0.2) is 15.0 Å². The Bertz CT molecular complexity index is 1040. The lowest BCUT2D eigenvalue weighted by Gasteiger charge is -2.05. The summed E-state index contributed by atoms with van der Waals surface area (Å²) in [5, 5.41) is 3.74. The van der Waals surface area contributed by atoms with Crippen LogP contribution in [0.25, 0.3) is 10.2 Å². The Morgan fingerprint density at radius 1 is 1.00 bits per heavy atom. The Hall–Kier alpha value is -2.38. The second-order valence-corrected chi connectivity index (χ2v) is 7.38. The number of fused-ring (bicyclic) bond motifs is 1. The van der Waals surface area contributed by atoms with Crippen LogP contribution in [0.5, 0.6) is 0 Å². The van der Waals surface area contributed by atoms with Crippen LogP contribution >= 0.6 is 27.3 Å². The first kappa shape index (κ1) is 16.1. The number of rotatable bonds is 4. The van der Waals surface area contributed by atoms with Gasteiger partial charge < -0.3 is 5.32 Å². The zero-order valence-corrected chi connectivity index (χ0v) is 15.3. The summed E-state index contributed by atoms with van der Waals surface area (Å²) in [6, 6.07) is 17.4. The minimum atomic E-state index is -0.750. The van der Waals surface area contributed by atoms with Crippen LogP contribution in [0.4, 0.5) is 15.3 Å². The molecule has 0 atom stereocenters. The summed E-state index contributed by atoms with van der Waals surface area (Å²) >= 11 is 4.93. The lowest BCUT2D eigenvalue weighted by Crippen LogP contribution is -2.02. The molecule has 25 heavy (non-hydrogen) atoms. The van der Waals surface area contributed by atoms with E-state index in [1.165, 1.54) is 11.3 Å². The van der Waals surface area contributed by atoms with Crippen molar-refractivity contribution in [2.24, 2.45) is 0 Å². The largest absolute Gasteiger partial charge is 0.316 e. The third kappa shape index (κ3) is 3.83. The molecule has 2 aromatic heterocycles. The predicted molar refractivity (Wildman–Crippen MR) is 102 cm³/mol. The Labute approximate surface area is 155 Å². The first-order valence-corrected chi connectivity index (χ1v) is 9.17. The monoisotopic (exact) mass is 414 g/mol. The molecule has 0 unspecified atom stereocenters. The van der Waals surface area contributed by atoms with Gasteiger partial charge in [0.15, 0.2) is 5.13 Å². The molecule has 7 heteroatoms. The quantitative estimate of drug-likeness (QED) is 0.459. The van der Waals surface area contributed by atoms with Crippen molar-refractivity contribution in [2.75, 3.05) is 5.32 Å². The number of nitrogens with zero attached hydrogens (tertiary/aromatic N) is 3. The fourth-order valence-electron chi connectivity index (χ4n) is 2.49. The average Bonchev–Trinajstić information content (AvgIpc) is 2.96. The predicted octanol–water partition coefficient (Wildman–Crippen LogP) is 5.32. The van der Waals surface area contributed by atoms with Crippen molar-refractivity contribution < 1.29 is 4.39 Å². The fraction of sp³-hybridized carbons (Fsp3) is 0.0556. The summed E-state index contributed by atoms with van der Waals surface area (Å²) < 4.78 is 15.8. The molecule has 0 amide bonds. The molecule has 0 saturated heterocycles. The number of benzene rings is 2. The molecule has 0 aliphatic rings. The Balaban J connectivity index is 1.61. The number of hydrogen-bond donors (Lipinski definition) is 1. The fourth-order valence-corrected chi connectivity index (χ4v) is 3.91. The molecule has 0 radical (unpaired) electrons. The summed E-state index contributed by atoms with van der Waals surface area (Å²) in [6.07, 6.45) is -0.207. The van der Waals surface area contributed by atoms with E-state index in [-0.39, 0.29) is 0 Å². The normalized spacial score (nSPS) is 11.0. The van der Waals surface area contributed by atoms with Gasteiger partial charge in [-0.2, -0.15) is 9.37 Å². The van der Waals surface area contributed by atoms with Crippen molar-refractivity contribution in [1.29, 1.82) is 0 Å². The summed E-state index contributed by atoms with van der Waals surface area (Å²) in [6.45, 7) is 0. The molecule has 124 valence electrons. The molecule has 2 heterocycles. The Morgan fingerprint density at radius 2 is 1.84 bits per heavy atom. The Kier molecular flexibility index (Phi) is 4.42. The zero-order valence-electron chi connectivity index (χ0n) is 12.9. The highest BCUT2D eigenvalue weighted by Crippen LogP contribution is 2.30. The number of thiazole rings is 1. The van der Waals surface area contributed by atoms with Crippen molar-refractivity contribution in [3.63, 3.8) is 0 Å². The Morgan fingerprint density at radius 3 is 2.68 bits per heavy atom. The smallest absolute Gasteiger partial charge is 0.310 e. The molecule has 0 fully saturated rings. The molecule has 0 spiro atoms. The molecule has 0 aliphatic carbocycles. The molecular formula is C18H12BrFN4S. The van der Waals surface area contributed by atoms with Gasteiger partial charge >= 0.3 is 6.08 Å². The van der Waals surface area contributed by atoms with Crippen LogP contribution in [0.1, 0.15) is 11.3 Å². The third-order valence-corrected chi connectivity index (χ3v) is 4.99. The minimum absolute atomic E-state index is 0.400. The van der Waals surface area contributed by atoms with Gasteiger partial charge in [-0.05, 0) is 23.8 Å². The van der Waals surface area contributed by atoms with Gasteiger partial charge in [0, 0.05) is 17.0 Å². The SMILES string of the molecule is Fc1nc(Cc2ccccc2)cc(Nc2nc3ccc(Br)cc3s2)n1. The summed E-state index contributed by atoms with van der Waals surface area (Å²) in [5.41, 5.74) is 2.57. The van der Waals surface area contributed by atoms with E-state index < -0.39 is 6.08 Å².